The molecule has 1 amide bonds. The van der Waals surface area contributed by atoms with Gasteiger partial charge in [0.25, 0.3) is 0 Å². The van der Waals surface area contributed by atoms with E-state index in [1.807, 2.05) is 12.1 Å². The van der Waals surface area contributed by atoms with Gasteiger partial charge in [0.05, 0.1) is 6.04 Å². The highest BCUT2D eigenvalue weighted by atomic mass is 16.1. The molecule has 1 aromatic carbocycles. The maximum atomic E-state index is 12.4. The maximum absolute atomic E-state index is 12.4. The molecular weight excluding hydrogens is 322 g/mol. The first-order valence-corrected chi connectivity index (χ1v) is 9.77. The number of pyridine rings is 1. The van der Waals surface area contributed by atoms with E-state index in [2.05, 4.69) is 45.5 Å². The second kappa shape index (κ2) is 10.1. The fourth-order valence-electron chi connectivity index (χ4n) is 3.65. The van der Waals surface area contributed by atoms with E-state index in [1.54, 1.807) is 12.4 Å². The lowest BCUT2D eigenvalue weighted by Gasteiger charge is -2.31. The van der Waals surface area contributed by atoms with E-state index in [4.69, 9.17) is 0 Å². The summed E-state index contributed by atoms with van der Waals surface area (Å²) in [5.41, 5.74) is 2.45. The maximum Gasteiger partial charge on any atom is 0.220 e. The van der Waals surface area contributed by atoms with Gasteiger partial charge in [0.15, 0.2) is 0 Å². The third-order valence-corrected chi connectivity index (χ3v) is 5.15. The standard InChI is InChI=1S/C22H29N3O/c26-22(11-10-19-12-14-23-15-13-19)24-18-21(20-8-4-3-5-9-20)25-16-6-1-2-7-17-25/h3-5,8-9,12-15,21H,1-2,6-7,10-11,16-18H2,(H,24,26). The molecule has 1 saturated heterocycles. The SMILES string of the molecule is O=C(CCc1ccncc1)NCC(c1ccccc1)N1CCCCCC1. The number of rotatable bonds is 7. The Morgan fingerprint density at radius 3 is 2.38 bits per heavy atom. The number of hydrogen-bond donors (Lipinski definition) is 1. The van der Waals surface area contributed by atoms with Gasteiger partial charge in [0, 0.05) is 25.4 Å². The lowest BCUT2D eigenvalue weighted by Crippen LogP contribution is -2.38. The van der Waals surface area contributed by atoms with Gasteiger partial charge in [-0.15, -0.1) is 0 Å². The third-order valence-electron chi connectivity index (χ3n) is 5.15. The molecule has 2 aromatic rings. The van der Waals surface area contributed by atoms with Gasteiger partial charge in [-0.05, 0) is 55.6 Å². The van der Waals surface area contributed by atoms with Crippen LogP contribution in [-0.2, 0) is 11.2 Å². The van der Waals surface area contributed by atoms with Gasteiger partial charge in [-0.1, -0.05) is 43.2 Å². The van der Waals surface area contributed by atoms with Crippen LogP contribution in [0.2, 0.25) is 0 Å². The van der Waals surface area contributed by atoms with Crippen LogP contribution in [0.25, 0.3) is 0 Å². The number of nitrogens with one attached hydrogen (secondary N) is 1. The number of aryl methyl sites for hydroxylation is 1. The second-order valence-electron chi connectivity index (χ2n) is 7.04. The zero-order valence-electron chi connectivity index (χ0n) is 15.4. The molecule has 0 radical (unpaired) electrons. The topological polar surface area (TPSA) is 45.2 Å². The minimum Gasteiger partial charge on any atom is -0.354 e. The summed E-state index contributed by atoms with van der Waals surface area (Å²) in [6.45, 7) is 2.91. The van der Waals surface area contributed by atoms with Crippen molar-refractivity contribution in [3.8, 4) is 0 Å². The molecule has 1 fully saturated rings. The van der Waals surface area contributed by atoms with Crippen molar-refractivity contribution in [1.82, 2.24) is 15.2 Å². The summed E-state index contributed by atoms with van der Waals surface area (Å²) >= 11 is 0. The fourth-order valence-corrected chi connectivity index (χ4v) is 3.65. The number of likely N-dealkylation sites (tertiary alicyclic amines) is 1. The molecule has 4 heteroatoms. The van der Waals surface area contributed by atoms with E-state index in [1.165, 1.54) is 31.2 Å². The minimum atomic E-state index is 0.123. The van der Waals surface area contributed by atoms with Crippen LogP contribution in [-0.4, -0.2) is 35.4 Å². The average molecular weight is 351 g/mol. The number of hydrogen-bond acceptors (Lipinski definition) is 3. The van der Waals surface area contributed by atoms with Crippen molar-refractivity contribution in [2.75, 3.05) is 19.6 Å². The van der Waals surface area contributed by atoms with Gasteiger partial charge in [-0.25, -0.2) is 0 Å². The highest BCUT2D eigenvalue weighted by molar-refractivity contribution is 5.76. The quantitative estimate of drug-likeness (QED) is 0.826. The Balaban J connectivity index is 1.57. The summed E-state index contributed by atoms with van der Waals surface area (Å²) in [4.78, 5) is 18.9. The van der Waals surface area contributed by atoms with Crippen LogP contribution in [0, 0.1) is 0 Å². The van der Waals surface area contributed by atoms with Crippen molar-refractivity contribution >= 4 is 5.91 Å². The Morgan fingerprint density at radius 1 is 1.00 bits per heavy atom. The molecule has 1 aliphatic heterocycles. The monoisotopic (exact) mass is 351 g/mol. The average Bonchev–Trinajstić information content (AvgIpc) is 2.98. The van der Waals surface area contributed by atoms with Crippen LogP contribution >= 0.6 is 0 Å². The van der Waals surface area contributed by atoms with E-state index < -0.39 is 0 Å². The van der Waals surface area contributed by atoms with Crippen molar-refractivity contribution < 1.29 is 4.79 Å². The Hall–Kier alpha value is -2.20. The minimum absolute atomic E-state index is 0.123. The molecule has 3 rings (SSSR count). The van der Waals surface area contributed by atoms with Crippen molar-refractivity contribution in [2.45, 2.75) is 44.6 Å². The smallest absolute Gasteiger partial charge is 0.220 e. The predicted octanol–water partition coefficient (Wildman–Crippen LogP) is 3.75. The molecule has 1 aromatic heterocycles. The van der Waals surface area contributed by atoms with Crippen LogP contribution in [0.15, 0.2) is 54.9 Å². The summed E-state index contributed by atoms with van der Waals surface area (Å²) in [7, 11) is 0. The Labute approximate surface area is 156 Å². The van der Waals surface area contributed by atoms with E-state index in [0.717, 1.165) is 25.1 Å². The molecule has 4 nitrogen and oxygen atoms in total. The molecular formula is C22H29N3O. The molecule has 1 aliphatic rings. The van der Waals surface area contributed by atoms with Crippen molar-refractivity contribution in [3.63, 3.8) is 0 Å². The second-order valence-corrected chi connectivity index (χ2v) is 7.04. The van der Waals surface area contributed by atoms with E-state index in [0.29, 0.717) is 13.0 Å². The lowest BCUT2D eigenvalue weighted by atomic mass is 10.0. The van der Waals surface area contributed by atoms with Gasteiger partial charge in [-0.3, -0.25) is 14.7 Å². The number of carbonyl (C=O) groups excluding carboxylic acids is 1. The van der Waals surface area contributed by atoms with Crippen LogP contribution in [0.4, 0.5) is 0 Å². The van der Waals surface area contributed by atoms with Crippen molar-refractivity contribution in [2.24, 2.45) is 0 Å². The zero-order valence-corrected chi connectivity index (χ0v) is 15.4. The number of amides is 1. The summed E-state index contributed by atoms with van der Waals surface area (Å²) in [6.07, 6.45) is 9.96. The summed E-state index contributed by atoms with van der Waals surface area (Å²) in [5, 5.41) is 3.17. The van der Waals surface area contributed by atoms with Gasteiger partial charge in [0.2, 0.25) is 5.91 Å². The van der Waals surface area contributed by atoms with Crippen LogP contribution in [0.1, 0.15) is 49.3 Å². The molecule has 1 unspecified atom stereocenters. The normalized spacial score (nSPS) is 16.6. The number of nitrogens with zero attached hydrogens (tertiary/aromatic N) is 2. The van der Waals surface area contributed by atoms with Crippen LogP contribution in [0.3, 0.4) is 0 Å². The summed E-state index contributed by atoms with van der Waals surface area (Å²) in [5.74, 6) is 0.123. The van der Waals surface area contributed by atoms with E-state index in [-0.39, 0.29) is 11.9 Å². The summed E-state index contributed by atoms with van der Waals surface area (Å²) in [6, 6.07) is 14.8. The Kier molecular flexibility index (Phi) is 7.20. The van der Waals surface area contributed by atoms with Crippen LogP contribution < -0.4 is 5.32 Å². The lowest BCUT2D eigenvalue weighted by molar-refractivity contribution is -0.121. The molecule has 0 saturated carbocycles. The first-order chi connectivity index (χ1) is 12.8. The molecule has 2 heterocycles. The van der Waals surface area contributed by atoms with Gasteiger partial charge in [-0.2, -0.15) is 0 Å². The largest absolute Gasteiger partial charge is 0.354 e. The molecule has 1 atom stereocenters. The summed E-state index contributed by atoms with van der Waals surface area (Å²) < 4.78 is 0. The van der Waals surface area contributed by atoms with Crippen molar-refractivity contribution in [1.29, 1.82) is 0 Å². The Bertz CT molecular complexity index is 652. The fraction of sp³-hybridized carbons (Fsp3) is 0.455. The number of aromatic nitrogens is 1. The highest BCUT2D eigenvalue weighted by Gasteiger charge is 2.21. The molecule has 1 N–H and O–H groups in total. The van der Waals surface area contributed by atoms with Gasteiger partial charge >= 0.3 is 0 Å². The van der Waals surface area contributed by atoms with Gasteiger partial charge in [0.1, 0.15) is 0 Å². The Morgan fingerprint density at radius 2 is 1.69 bits per heavy atom. The zero-order chi connectivity index (χ0) is 18.0. The van der Waals surface area contributed by atoms with E-state index >= 15 is 0 Å². The first kappa shape index (κ1) is 18.6. The molecule has 0 aliphatic carbocycles. The molecule has 0 spiro atoms. The number of carbonyl (C=O) groups is 1. The molecule has 26 heavy (non-hydrogen) atoms. The predicted molar refractivity (Wildman–Crippen MR) is 105 cm³/mol. The van der Waals surface area contributed by atoms with Crippen molar-refractivity contribution in [3.05, 3.63) is 66.0 Å². The number of benzene rings is 1. The van der Waals surface area contributed by atoms with Gasteiger partial charge < -0.3 is 5.32 Å². The highest BCUT2D eigenvalue weighted by Crippen LogP contribution is 2.23. The molecule has 0 bridgehead atoms. The van der Waals surface area contributed by atoms with E-state index in [9.17, 15) is 4.79 Å². The van der Waals surface area contributed by atoms with Crippen LogP contribution in [0.5, 0.6) is 0 Å². The first-order valence-electron chi connectivity index (χ1n) is 9.77. The molecule has 138 valence electrons. The third kappa shape index (κ3) is 5.67.